The molecule has 0 N–H and O–H groups in total. The van der Waals surface area contributed by atoms with Crippen LogP contribution < -0.4 is 0 Å². The fourth-order valence-corrected chi connectivity index (χ4v) is 2.26. The van der Waals surface area contributed by atoms with Crippen LogP contribution in [0.5, 0.6) is 0 Å². The van der Waals surface area contributed by atoms with Crippen LogP contribution in [-0.4, -0.2) is 4.90 Å². The minimum Gasteiger partial charge on any atom is -0.316 e. The van der Waals surface area contributed by atoms with Crippen molar-refractivity contribution in [3.05, 3.63) is 76.0 Å². The van der Waals surface area contributed by atoms with Crippen LogP contribution in [0.25, 0.3) is 5.70 Å². The van der Waals surface area contributed by atoms with Crippen LogP contribution in [0.1, 0.15) is 12.5 Å². The molecule has 2 rings (SSSR count). The fourth-order valence-electron chi connectivity index (χ4n) is 1.80. The van der Waals surface area contributed by atoms with E-state index in [1.54, 1.807) is 0 Å². The molecule has 0 unspecified atom stereocenters. The Balaban J connectivity index is 2.38. The topological polar surface area (TPSA) is 3.24 Å². The van der Waals surface area contributed by atoms with Gasteiger partial charge in [0.25, 0.3) is 0 Å². The molecule has 0 aliphatic carbocycles. The largest absolute Gasteiger partial charge is 0.316 e. The van der Waals surface area contributed by atoms with Crippen molar-refractivity contribution in [1.29, 1.82) is 0 Å². The quantitative estimate of drug-likeness (QED) is 0.712. The number of allylic oxidation sites excluding steroid dienone is 4. The minimum atomic E-state index is 0.739. The van der Waals surface area contributed by atoms with Gasteiger partial charge in [-0.05, 0) is 52.7 Å². The van der Waals surface area contributed by atoms with Crippen LogP contribution in [0.2, 0.25) is 5.02 Å². The van der Waals surface area contributed by atoms with Gasteiger partial charge in [-0.25, -0.2) is 0 Å². The number of halogens is 2. The standard InChI is InChI=1S/C15H13BrClN/c1-3-15(12-5-8-14(17)9-6-12)18-10-13(16)7-4-11(18)2/h3-10H,2H2,1H3/b15-3-. The van der Waals surface area contributed by atoms with Gasteiger partial charge >= 0.3 is 0 Å². The van der Waals surface area contributed by atoms with Gasteiger partial charge in [-0.2, -0.15) is 0 Å². The zero-order valence-corrected chi connectivity index (χ0v) is 12.4. The van der Waals surface area contributed by atoms with Crippen molar-refractivity contribution in [3.63, 3.8) is 0 Å². The molecule has 0 aromatic heterocycles. The van der Waals surface area contributed by atoms with E-state index in [0.29, 0.717) is 0 Å². The van der Waals surface area contributed by atoms with Gasteiger partial charge in [0.1, 0.15) is 0 Å². The molecule has 18 heavy (non-hydrogen) atoms. The Morgan fingerprint density at radius 2 is 1.94 bits per heavy atom. The first kappa shape index (κ1) is 13.2. The van der Waals surface area contributed by atoms with Gasteiger partial charge in [0.15, 0.2) is 0 Å². The van der Waals surface area contributed by atoms with Gasteiger partial charge in [-0.1, -0.05) is 36.4 Å². The van der Waals surface area contributed by atoms with E-state index in [-0.39, 0.29) is 0 Å². The van der Waals surface area contributed by atoms with Gasteiger partial charge < -0.3 is 4.90 Å². The highest BCUT2D eigenvalue weighted by Crippen LogP contribution is 2.29. The molecule has 1 heterocycles. The molecular formula is C15H13BrClN. The Hall–Kier alpha value is -1.25. The first-order valence-electron chi connectivity index (χ1n) is 5.57. The molecule has 0 saturated carbocycles. The molecule has 1 aliphatic rings. The molecular weight excluding hydrogens is 310 g/mol. The summed E-state index contributed by atoms with van der Waals surface area (Å²) in [6.45, 7) is 6.06. The van der Waals surface area contributed by atoms with Crippen LogP contribution in [0.15, 0.2) is 65.5 Å². The van der Waals surface area contributed by atoms with E-state index in [0.717, 1.165) is 26.5 Å². The second kappa shape index (κ2) is 5.59. The maximum Gasteiger partial charge on any atom is 0.0485 e. The number of rotatable bonds is 2. The molecule has 0 bridgehead atoms. The molecule has 0 fully saturated rings. The van der Waals surface area contributed by atoms with E-state index in [1.165, 1.54) is 0 Å². The molecule has 0 saturated heterocycles. The maximum absolute atomic E-state index is 5.92. The molecule has 0 atom stereocenters. The second-order valence-electron chi connectivity index (χ2n) is 3.89. The number of hydrogen-bond donors (Lipinski definition) is 0. The predicted octanol–water partition coefficient (Wildman–Crippen LogP) is 5.32. The predicted molar refractivity (Wildman–Crippen MR) is 82.2 cm³/mol. The van der Waals surface area contributed by atoms with E-state index in [4.69, 9.17) is 11.6 Å². The number of benzene rings is 1. The summed E-state index contributed by atoms with van der Waals surface area (Å²) in [5.41, 5.74) is 3.12. The number of nitrogens with zero attached hydrogens (tertiary/aromatic N) is 1. The molecule has 1 aliphatic heterocycles. The third-order valence-electron chi connectivity index (χ3n) is 2.67. The average Bonchev–Trinajstić information content (AvgIpc) is 2.37. The van der Waals surface area contributed by atoms with Crippen molar-refractivity contribution in [2.75, 3.05) is 0 Å². The Morgan fingerprint density at radius 3 is 2.56 bits per heavy atom. The van der Waals surface area contributed by atoms with E-state index < -0.39 is 0 Å². The lowest BCUT2D eigenvalue weighted by molar-refractivity contribution is 0.675. The zero-order valence-electron chi connectivity index (χ0n) is 10.0. The van der Waals surface area contributed by atoms with Crippen LogP contribution in [0.3, 0.4) is 0 Å². The van der Waals surface area contributed by atoms with Crippen LogP contribution in [-0.2, 0) is 0 Å². The Kier molecular flexibility index (Phi) is 4.10. The first-order chi connectivity index (χ1) is 8.61. The summed E-state index contributed by atoms with van der Waals surface area (Å²) in [6.07, 6.45) is 8.02. The molecule has 1 aromatic carbocycles. The Morgan fingerprint density at radius 1 is 1.28 bits per heavy atom. The van der Waals surface area contributed by atoms with Crippen LogP contribution in [0, 0.1) is 0 Å². The molecule has 0 amide bonds. The summed E-state index contributed by atoms with van der Waals surface area (Å²) in [6, 6.07) is 7.79. The van der Waals surface area contributed by atoms with Crippen molar-refractivity contribution >= 4 is 33.2 Å². The summed E-state index contributed by atoms with van der Waals surface area (Å²) < 4.78 is 1.02. The molecule has 0 spiro atoms. The van der Waals surface area contributed by atoms with E-state index >= 15 is 0 Å². The van der Waals surface area contributed by atoms with Crippen molar-refractivity contribution in [1.82, 2.24) is 4.90 Å². The minimum absolute atomic E-state index is 0.739. The van der Waals surface area contributed by atoms with Gasteiger partial charge in [-0.15, -0.1) is 0 Å². The van der Waals surface area contributed by atoms with Crippen molar-refractivity contribution in [2.24, 2.45) is 0 Å². The lowest BCUT2D eigenvalue weighted by atomic mass is 10.1. The Labute approximate surface area is 121 Å². The third-order valence-corrected chi connectivity index (χ3v) is 3.39. The van der Waals surface area contributed by atoms with Crippen LogP contribution in [0.4, 0.5) is 0 Å². The zero-order chi connectivity index (χ0) is 13.1. The highest BCUT2D eigenvalue weighted by Gasteiger charge is 2.13. The van der Waals surface area contributed by atoms with Crippen LogP contribution >= 0.6 is 27.5 Å². The summed E-state index contributed by atoms with van der Waals surface area (Å²) in [5, 5.41) is 0.739. The molecule has 3 heteroatoms. The van der Waals surface area contributed by atoms with Crippen molar-refractivity contribution in [3.8, 4) is 0 Å². The second-order valence-corrected chi connectivity index (χ2v) is 5.24. The monoisotopic (exact) mass is 321 g/mol. The fraction of sp³-hybridized carbons (Fsp3) is 0.0667. The summed E-state index contributed by atoms with van der Waals surface area (Å²) in [7, 11) is 0. The molecule has 1 nitrogen and oxygen atoms in total. The van der Waals surface area contributed by atoms with Crippen molar-refractivity contribution in [2.45, 2.75) is 6.92 Å². The van der Waals surface area contributed by atoms with E-state index in [1.807, 2.05) is 54.4 Å². The normalized spacial score (nSPS) is 15.9. The smallest absolute Gasteiger partial charge is 0.0485 e. The SMILES string of the molecule is C=C1C=CC(Br)=CN1/C(=C\C)c1ccc(Cl)cc1. The molecule has 92 valence electrons. The Bertz CT molecular complexity index is 552. The average molecular weight is 323 g/mol. The number of hydrogen-bond acceptors (Lipinski definition) is 1. The van der Waals surface area contributed by atoms with Gasteiger partial charge in [-0.3, -0.25) is 0 Å². The van der Waals surface area contributed by atoms with Gasteiger partial charge in [0, 0.05) is 27.1 Å². The summed E-state index contributed by atoms with van der Waals surface area (Å²) >= 11 is 9.40. The molecule has 1 aromatic rings. The van der Waals surface area contributed by atoms with Gasteiger partial charge in [0.05, 0.1) is 0 Å². The molecule has 0 radical (unpaired) electrons. The van der Waals surface area contributed by atoms with Gasteiger partial charge in [0.2, 0.25) is 0 Å². The van der Waals surface area contributed by atoms with E-state index in [2.05, 4.69) is 28.6 Å². The lowest BCUT2D eigenvalue weighted by Gasteiger charge is -2.27. The lowest BCUT2D eigenvalue weighted by Crippen LogP contribution is -2.15. The maximum atomic E-state index is 5.92. The third kappa shape index (κ3) is 2.77. The first-order valence-corrected chi connectivity index (χ1v) is 6.74. The summed E-state index contributed by atoms with van der Waals surface area (Å²) in [4.78, 5) is 2.05. The highest BCUT2D eigenvalue weighted by atomic mass is 79.9. The van der Waals surface area contributed by atoms with E-state index in [9.17, 15) is 0 Å². The summed E-state index contributed by atoms with van der Waals surface area (Å²) in [5.74, 6) is 0. The van der Waals surface area contributed by atoms with Crippen molar-refractivity contribution < 1.29 is 0 Å². The highest BCUT2D eigenvalue weighted by molar-refractivity contribution is 9.11.